The Morgan fingerprint density at radius 2 is 1.42 bits per heavy atom. The number of amides is 1. The van der Waals surface area contributed by atoms with Crippen molar-refractivity contribution in [2.45, 2.75) is 13.2 Å². The first kappa shape index (κ1) is 24.8. The number of methoxy groups -OCH3 is 1. The molecule has 0 heterocycles. The maximum Gasteiger partial charge on any atom is 0.275 e. The molecule has 6 nitrogen and oxygen atoms in total. The average molecular weight is 501 g/mol. The average Bonchev–Trinajstić information content (AvgIpc) is 2.92. The van der Waals surface area contributed by atoms with Crippen molar-refractivity contribution < 1.29 is 19.0 Å². The van der Waals surface area contributed by atoms with Gasteiger partial charge in [-0.25, -0.2) is 5.43 Å². The van der Waals surface area contributed by atoms with Gasteiger partial charge in [0.1, 0.15) is 19.0 Å². The number of ether oxygens (including phenoxy) is 3. The van der Waals surface area contributed by atoms with E-state index in [4.69, 9.17) is 25.8 Å². The predicted molar refractivity (Wildman–Crippen MR) is 141 cm³/mol. The molecular weight excluding hydrogens is 476 g/mol. The van der Waals surface area contributed by atoms with Crippen molar-refractivity contribution in [2.24, 2.45) is 5.10 Å². The van der Waals surface area contributed by atoms with Gasteiger partial charge in [0.15, 0.2) is 11.5 Å². The lowest BCUT2D eigenvalue weighted by Gasteiger charge is -2.14. The molecule has 0 atom stereocenters. The van der Waals surface area contributed by atoms with E-state index in [-0.39, 0.29) is 0 Å². The van der Waals surface area contributed by atoms with Crippen molar-refractivity contribution >= 4 is 23.7 Å². The molecular formula is C29H25ClN2O4. The first-order chi connectivity index (χ1) is 17.6. The van der Waals surface area contributed by atoms with Gasteiger partial charge in [0.2, 0.25) is 0 Å². The van der Waals surface area contributed by atoms with Crippen molar-refractivity contribution in [3.8, 4) is 17.2 Å². The quantitative estimate of drug-likeness (QED) is 0.206. The molecule has 1 amide bonds. The van der Waals surface area contributed by atoms with Crippen LogP contribution in [-0.4, -0.2) is 19.2 Å². The van der Waals surface area contributed by atoms with E-state index in [1.54, 1.807) is 12.1 Å². The van der Waals surface area contributed by atoms with Gasteiger partial charge < -0.3 is 14.2 Å². The van der Waals surface area contributed by atoms with E-state index < -0.39 is 5.91 Å². The van der Waals surface area contributed by atoms with Gasteiger partial charge in [-0.05, 0) is 53.1 Å². The van der Waals surface area contributed by atoms with Crippen LogP contribution in [-0.2, 0) is 13.2 Å². The summed E-state index contributed by atoms with van der Waals surface area (Å²) < 4.78 is 17.4. The van der Waals surface area contributed by atoms with Crippen LogP contribution in [0, 0.1) is 0 Å². The number of carbonyl (C=O) groups is 1. The van der Waals surface area contributed by atoms with Crippen LogP contribution in [0.3, 0.4) is 0 Å². The van der Waals surface area contributed by atoms with Gasteiger partial charge in [0, 0.05) is 5.02 Å². The number of nitrogens with zero attached hydrogens (tertiary/aromatic N) is 1. The molecule has 0 bridgehead atoms. The minimum absolute atomic E-state index is 0.290. The van der Waals surface area contributed by atoms with Crippen molar-refractivity contribution in [3.63, 3.8) is 0 Å². The Morgan fingerprint density at radius 1 is 0.806 bits per heavy atom. The summed E-state index contributed by atoms with van der Waals surface area (Å²) in [6, 6.07) is 30.1. The summed E-state index contributed by atoms with van der Waals surface area (Å²) in [4.78, 5) is 12.6. The fourth-order valence-corrected chi connectivity index (χ4v) is 3.56. The third-order valence-corrected chi connectivity index (χ3v) is 5.46. The van der Waals surface area contributed by atoms with Gasteiger partial charge in [-0.2, -0.15) is 5.10 Å². The maximum atomic E-state index is 12.6. The predicted octanol–water partition coefficient (Wildman–Crippen LogP) is 6.27. The second kappa shape index (κ2) is 12.4. The number of rotatable bonds is 10. The summed E-state index contributed by atoms with van der Waals surface area (Å²) in [5.74, 6) is 1.15. The summed E-state index contributed by atoms with van der Waals surface area (Å²) in [7, 11) is 1.49. The van der Waals surface area contributed by atoms with Crippen molar-refractivity contribution in [1.29, 1.82) is 0 Å². The van der Waals surface area contributed by atoms with E-state index in [0.717, 1.165) is 16.7 Å². The molecule has 36 heavy (non-hydrogen) atoms. The number of hydrogen-bond donors (Lipinski definition) is 1. The lowest BCUT2D eigenvalue weighted by molar-refractivity contribution is 0.0952. The monoisotopic (exact) mass is 500 g/mol. The highest BCUT2D eigenvalue weighted by Crippen LogP contribution is 2.30. The summed E-state index contributed by atoms with van der Waals surface area (Å²) in [6.45, 7) is 0.794. The van der Waals surface area contributed by atoms with E-state index >= 15 is 0 Å². The highest BCUT2D eigenvalue weighted by atomic mass is 35.5. The van der Waals surface area contributed by atoms with Gasteiger partial charge in [-0.1, -0.05) is 72.3 Å². The number of hydrazone groups is 1. The second-order valence-corrected chi connectivity index (χ2v) is 8.23. The van der Waals surface area contributed by atoms with Crippen molar-refractivity contribution in [2.75, 3.05) is 7.11 Å². The van der Waals surface area contributed by atoms with Gasteiger partial charge >= 0.3 is 0 Å². The molecule has 0 saturated carbocycles. The summed E-state index contributed by atoms with van der Waals surface area (Å²) in [6.07, 6.45) is 1.53. The van der Waals surface area contributed by atoms with Crippen molar-refractivity contribution in [3.05, 3.63) is 124 Å². The molecule has 0 saturated heterocycles. The Hall–Kier alpha value is -4.29. The minimum Gasteiger partial charge on any atom is -0.496 e. The van der Waals surface area contributed by atoms with Crippen LogP contribution < -0.4 is 19.6 Å². The van der Waals surface area contributed by atoms with Crippen LogP contribution in [0.5, 0.6) is 17.2 Å². The van der Waals surface area contributed by atoms with Crippen LogP contribution in [0.4, 0.5) is 0 Å². The summed E-state index contributed by atoms with van der Waals surface area (Å²) in [5, 5.41) is 4.51. The molecule has 0 unspecified atom stereocenters. The summed E-state index contributed by atoms with van der Waals surface area (Å²) >= 11 is 6.02. The zero-order valence-corrected chi connectivity index (χ0v) is 20.4. The van der Waals surface area contributed by atoms with E-state index in [9.17, 15) is 4.79 Å². The number of halogens is 1. The van der Waals surface area contributed by atoms with E-state index in [1.165, 1.54) is 19.4 Å². The lowest BCUT2D eigenvalue weighted by atomic mass is 10.2. The molecule has 0 aliphatic rings. The van der Waals surface area contributed by atoms with Crippen LogP contribution in [0.1, 0.15) is 27.0 Å². The maximum absolute atomic E-state index is 12.6. The van der Waals surface area contributed by atoms with Gasteiger partial charge in [-0.15, -0.1) is 0 Å². The SMILES string of the molecule is COc1ccc(Cl)cc1C(=O)N/N=C/c1ccc(OCc2ccccc2)c(OCc2ccccc2)c1. The molecule has 7 heteroatoms. The smallest absolute Gasteiger partial charge is 0.275 e. The molecule has 4 aromatic carbocycles. The fraction of sp³-hybridized carbons (Fsp3) is 0.103. The van der Waals surface area contributed by atoms with Crippen molar-refractivity contribution in [1.82, 2.24) is 5.43 Å². The van der Waals surface area contributed by atoms with Crippen LogP contribution in [0.2, 0.25) is 5.02 Å². The third-order valence-electron chi connectivity index (χ3n) is 5.23. The second-order valence-electron chi connectivity index (χ2n) is 7.80. The number of hydrogen-bond acceptors (Lipinski definition) is 5. The Bertz CT molecular complexity index is 1330. The van der Waals surface area contributed by atoms with E-state index in [1.807, 2.05) is 78.9 Å². The molecule has 0 radical (unpaired) electrons. The van der Waals surface area contributed by atoms with Crippen LogP contribution >= 0.6 is 11.6 Å². The lowest BCUT2D eigenvalue weighted by Crippen LogP contribution is -2.18. The highest BCUT2D eigenvalue weighted by molar-refractivity contribution is 6.31. The normalized spacial score (nSPS) is 10.7. The minimum atomic E-state index is -0.436. The topological polar surface area (TPSA) is 69.2 Å². The largest absolute Gasteiger partial charge is 0.496 e. The first-order valence-corrected chi connectivity index (χ1v) is 11.6. The molecule has 0 fully saturated rings. The van der Waals surface area contributed by atoms with Gasteiger partial charge in [0.05, 0.1) is 18.9 Å². The number of benzene rings is 4. The molecule has 0 aliphatic heterocycles. The van der Waals surface area contributed by atoms with E-state index in [2.05, 4.69) is 10.5 Å². The van der Waals surface area contributed by atoms with Gasteiger partial charge in [-0.3, -0.25) is 4.79 Å². The Morgan fingerprint density at radius 3 is 2.06 bits per heavy atom. The first-order valence-electron chi connectivity index (χ1n) is 11.3. The highest BCUT2D eigenvalue weighted by Gasteiger charge is 2.12. The molecule has 0 aromatic heterocycles. The zero-order chi connectivity index (χ0) is 25.2. The molecule has 0 aliphatic carbocycles. The molecule has 182 valence electrons. The number of nitrogens with one attached hydrogen (secondary N) is 1. The fourth-order valence-electron chi connectivity index (χ4n) is 3.39. The molecule has 4 rings (SSSR count). The molecule has 4 aromatic rings. The molecule has 0 spiro atoms. The van der Waals surface area contributed by atoms with Crippen LogP contribution in [0.25, 0.3) is 0 Å². The van der Waals surface area contributed by atoms with Crippen LogP contribution in [0.15, 0.2) is 102 Å². The third kappa shape index (κ3) is 6.87. The summed E-state index contributed by atoms with van der Waals surface area (Å²) in [5.41, 5.74) is 5.61. The van der Waals surface area contributed by atoms with E-state index in [0.29, 0.717) is 41.0 Å². The van der Waals surface area contributed by atoms with Gasteiger partial charge in [0.25, 0.3) is 5.91 Å². The Kier molecular flexibility index (Phi) is 8.57. The zero-order valence-electron chi connectivity index (χ0n) is 19.7. The molecule has 1 N–H and O–H groups in total. The Labute approximate surface area is 215 Å². The Balaban J connectivity index is 1.48. The number of carbonyl (C=O) groups excluding carboxylic acids is 1. The standard InChI is InChI=1S/C29H25ClN2O4/c1-34-26-15-13-24(30)17-25(26)29(33)32-31-18-23-12-14-27(35-19-21-8-4-2-5-9-21)28(16-23)36-20-22-10-6-3-7-11-22/h2-18H,19-20H2,1H3,(H,32,33)/b31-18+.